The molecule has 6 nitrogen and oxygen atoms in total. The van der Waals surface area contributed by atoms with E-state index in [1.165, 1.54) is 12.8 Å². The molecule has 0 unspecified atom stereocenters. The molecular formula is C19H31ClIN3O3. The van der Waals surface area contributed by atoms with Gasteiger partial charge >= 0.3 is 0 Å². The van der Waals surface area contributed by atoms with Crippen LogP contribution in [0.3, 0.4) is 0 Å². The first-order valence-electron chi connectivity index (χ1n) is 9.07. The number of aliphatic imine (C=N–C) groups is 1. The van der Waals surface area contributed by atoms with E-state index in [9.17, 15) is 0 Å². The Balaban J connectivity index is 0.00000364. The lowest BCUT2D eigenvalue weighted by molar-refractivity contribution is 0.115. The second-order valence-corrected chi connectivity index (χ2v) is 6.79. The number of hydrogen-bond acceptors (Lipinski definition) is 4. The normalized spacial score (nSPS) is 13.7. The molecule has 1 aromatic carbocycles. The Labute approximate surface area is 184 Å². The molecule has 154 valence electrons. The Bertz CT molecular complexity index is 612. The maximum Gasteiger partial charge on any atom is 0.193 e. The van der Waals surface area contributed by atoms with E-state index in [1.807, 2.05) is 26.1 Å². The number of halogens is 2. The van der Waals surface area contributed by atoms with E-state index in [0.29, 0.717) is 36.3 Å². The monoisotopic (exact) mass is 511 g/mol. The molecule has 0 aliphatic heterocycles. The Kier molecular flexibility index (Phi) is 11.2. The molecule has 0 aromatic heterocycles. The minimum atomic E-state index is 0. The van der Waals surface area contributed by atoms with Crippen LogP contribution >= 0.6 is 35.6 Å². The molecule has 2 rings (SSSR count). The Morgan fingerprint density at radius 1 is 1.37 bits per heavy atom. The molecule has 0 amide bonds. The second-order valence-electron chi connectivity index (χ2n) is 6.38. The van der Waals surface area contributed by atoms with E-state index in [4.69, 9.17) is 25.8 Å². The summed E-state index contributed by atoms with van der Waals surface area (Å²) in [5, 5.41) is 3.88. The van der Waals surface area contributed by atoms with Crippen LogP contribution in [0, 0.1) is 5.92 Å². The van der Waals surface area contributed by atoms with Crippen molar-refractivity contribution in [2.24, 2.45) is 10.9 Å². The molecule has 8 heteroatoms. The molecule has 1 saturated carbocycles. The van der Waals surface area contributed by atoms with Gasteiger partial charge in [-0.15, -0.1) is 24.0 Å². The standard InChI is InChI=1S/C19H30ClN3O3.HI/c1-5-26-18-16(20)10-15(11-17(18)24-4)12-22-19(21-2)23(3)8-9-25-13-14-6-7-14;/h10-11,14H,5-9,12-13H2,1-4H3,(H,21,22);1H. The third-order valence-electron chi connectivity index (χ3n) is 4.22. The molecule has 0 saturated heterocycles. The van der Waals surface area contributed by atoms with Gasteiger partial charge in [0.2, 0.25) is 0 Å². The molecular weight excluding hydrogens is 481 g/mol. The van der Waals surface area contributed by atoms with Crippen LogP contribution < -0.4 is 14.8 Å². The Morgan fingerprint density at radius 3 is 2.70 bits per heavy atom. The Hall–Kier alpha value is -0.930. The molecule has 0 atom stereocenters. The zero-order valence-electron chi connectivity index (χ0n) is 16.6. The van der Waals surface area contributed by atoms with Crippen LogP contribution in [0.2, 0.25) is 5.02 Å². The topological polar surface area (TPSA) is 55.3 Å². The molecule has 0 radical (unpaired) electrons. The maximum atomic E-state index is 6.33. The van der Waals surface area contributed by atoms with Gasteiger partial charge in [0.25, 0.3) is 0 Å². The fourth-order valence-electron chi connectivity index (χ4n) is 2.57. The molecule has 1 aliphatic carbocycles. The van der Waals surface area contributed by atoms with Crippen molar-refractivity contribution >= 4 is 41.5 Å². The average Bonchev–Trinajstić information content (AvgIpc) is 3.45. The Morgan fingerprint density at radius 2 is 2.11 bits per heavy atom. The SMILES string of the molecule is CCOc1c(Cl)cc(CNC(=NC)N(C)CCOCC2CC2)cc1OC.I. The van der Waals surface area contributed by atoms with Crippen molar-refractivity contribution in [1.82, 2.24) is 10.2 Å². The van der Waals surface area contributed by atoms with Gasteiger partial charge in [0.1, 0.15) is 0 Å². The molecule has 1 aliphatic rings. The lowest BCUT2D eigenvalue weighted by Gasteiger charge is -2.22. The van der Waals surface area contributed by atoms with Crippen molar-refractivity contribution in [3.63, 3.8) is 0 Å². The summed E-state index contributed by atoms with van der Waals surface area (Å²) in [6.07, 6.45) is 2.63. The summed E-state index contributed by atoms with van der Waals surface area (Å²) in [4.78, 5) is 6.38. The molecule has 27 heavy (non-hydrogen) atoms. The van der Waals surface area contributed by atoms with Crippen molar-refractivity contribution in [3.05, 3.63) is 22.7 Å². The first-order valence-corrected chi connectivity index (χ1v) is 9.45. The van der Waals surface area contributed by atoms with E-state index in [1.54, 1.807) is 14.2 Å². The highest BCUT2D eigenvalue weighted by Gasteiger charge is 2.21. The van der Waals surface area contributed by atoms with Crippen molar-refractivity contribution < 1.29 is 14.2 Å². The van der Waals surface area contributed by atoms with E-state index >= 15 is 0 Å². The third-order valence-corrected chi connectivity index (χ3v) is 4.50. The largest absolute Gasteiger partial charge is 0.493 e. The highest BCUT2D eigenvalue weighted by molar-refractivity contribution is 14.0. The van der Waals surface area contributed by atoms with Crippen molar-refractivity contribution in [1.29, 1.82) is 0 Å². The van der Waals surface area contributed by atoms with E-state index in [2.05, 4.69) is 15.2 Å². The van der Waals surface area contributed by atoms with Crippen LogP contribution in [0.4, 0.5) is 0 Å². The number of nitrogens with one attached hydrogen (secondary N) is 1. The van der Waals surface area contributed by atoms with Crippen LogP contribution in [0.25, 0.3) is 0 Å². The fraction of sp³-hybridized carbons (Fsp3) is 0.632. The quantitative estimate of drug-likeness (QED) is 0.224. The summed E-state index contributed by atoms with van der Waals surface area (Å²) >= 11 is 6.33. The van der Waals surface area contributed by atoms with Crippen LogP contribution in [0.1, 0.15) is 25.3 Å². The van der Waals surface area contributed by atoms with Gasteiger partial charge in [0, 0.05) is 33.8 Å². The summed E-state index contributed by atoms with van der Waals surface area (Å²) in [7, 11) is 5.39. The molecule has 0 spiro atoms. The molecule has 1 aromatic rings. The fourth-order valence-corrected chi connectivity index (χ4v) is 2.86. The van der Waals surface area contributed by atoms with Gasteiger partial charge in [-0.1, -0.05) is 11.6 Å². The third kappa shape index (κ3) is 7.91. The van der Waals surface area contributed by atoms with Gasteiger partial charge in [0.15, 0.2) is 17.5 Å². The van der Waals surface area contributed by atoms with Crippen molar-refractivity contribution in [2.75, 3.05) is 47.6 Å². The van der Waals surface area contributed by atoms with E-state index in [0.717, 1.165) is 30.6 Å². The van der Waals surface area contributed by atoms with Gasteiger partial charge in [-0.3, -0.25) is 4.99 Å². The molecule has 0 heterocycles. The summed E-state index contributed by atoms with van der Waals surface area (Å²) in [6.45, 7) is 5.41. The van der Waals surface area contributed by atoms with Gasteiger partial charge in [0.05, 0.1) is 25.3 Å². The second kappa shape index (κ2) is 12.5. The highest BCUT2D eigenvalue weighted by Crippen LogP contribution is 2.36. The van der Waals surface area contributed by atoms with Crippen LogP contribution in [0.15, 0.2) is 17.1 Å². The van der Waals surface area contributed by atoms with Crippen LogP contribution in [-0.2, 0) is 11.3 Å². The van der Waals surface area contributed by atoms with E-state index in [-0.39, 0.29) is 24.0 Å². The molecule has 1 fully saturated rings. The lowest BCUT2D eigenvalue weighted by atomic mass is 10.2. The highest BCUT2D eigenvalue weighted by atomic mass is 127. The number of nitrogens with zero attached hydrogens (tertiary/aromatic N) is 2. The zero-order valence-corrected chi connectivity index (χ0v) is 19.7. The summed E-state index contributed by atoms with van der Waals surface area (Å²) in [6, 6.07) is 3.81. The molecule has 0 bridgehead atoms. The summed E-state index contributed by atoms with van der Waals surface area (Å²) < 4.78 is 16.6. The predicted octanol–water partition coefficient (Wildman–Crippen LogP) is 3.80. The first kappa shape index (κ1) is 24.1. The number of benzene rings is 1. The average molecular weight is 512 g/mol. The number of likely N-dealkylation sites (N-methyl/N-ethyl adjacent to an activating group) is 1. The van der Waals surface area contributed by atoms with Gasteiger partial charge in [-0.25, -0.2) is 0 Å². The zero-order chi connectivity index (χ0) is 18.9. The minimum Gasteiger partial charge on any atom is -0.493 e. The smallest absolute Gasteiger partial charge is 0.193 e. The molecule has 1 N–H and O–H groups in total. The van der Waals surface area contributed by atoms with E-state index < -0.39 is 0 Å². The van der Waals surface area contributed by atoms with Crippen LogP contribution in [0.5, 0.6) is 11.5 Å². The van der Waals surface area contributed by atoms with Crippen molar-refractivity contribution in [3.8, 4) is 11.5 Å². The number of methoxy groups -OCH3 is 1. The summed E-state index contributed by atoms with van der Waals surface area (Å²) in [5.74, 6) is 2.81. The van der Waals surface area contributed by atoms with Gasteiger partial charge in [-0.05, 0) is 43.4 Å². The maximum absolute atomic E-state index is 6.33. The lowest BCUT2D eigenvalue weighted by Crippen LogP contribution is -2.40. The number of ether oxygens (including phenoxy) is 3. The first-order chi connectivity index (χ1) is 12.6. The van der Waals surface area contributed by atoms with Gasteiger partial charge < -0.3 is 24.4 Å². The predicted molar refractivity (Wildman–Crippen MR) is 121 cm³/mol. The number of guanidine groups is 1. The number of rotatable bonds is 10. The van der Waals surface area contributed by atoms with Crippen LogP contribution in [-0.4, -0.2) is 58.4 Å². The minimum absolute atomic E-state index is 0. The number of hydrogen-bond donors (Lipinski definition) is 1. The van der Waals surface area contributed by atoms with Gasteiger partial charge in [-0.2, -0.15) is 0 Å². The summed E-state index contributed by atoms with van der Waals surface area (Å²) in [5.41, 5.74) is 0.995. The van der Waals surface area contributed by atoms with Crippen molar-refractivity contribution in [2.45, 2.75) is 26.3 Å².